The second kappa shape index (κ2) is 9.13. The Morgan fingerprint density at radius 1 is 0.386 bits per heavy atom. The van der Waals surface area contributed by atoms with Gasteiger partial charge in [-0.3, -0.25) is 0 Å². The second-order valence-electron chi connectivity index (χ2n) is 11.1. The number of aromatic nitrogens is 3. The van der Waals surface area contributed by atoms with E-state index in [9.17, 15) is 0 Å². The highest BCUT2D eigenvalue weighted by molar-refractivity contribution is 7.26. The normalized spacial score (nSPS) is 12.1. The lowest BCUT2D eigenvalue weighted by molar-refractivity contribution is 1.21. The summed E-state index contributed by atoms with van der Waals surface area (Å²) in [4.78, 5) is 16.0. The minimum absolute atomic E-state index is 0.645. The molecular formula is C39H21N3S2. The third-order valence-electron chi connectivity index (χ3n) is 8.69. The van der Waals surface area contributed by atoms with Crippen molar-refractivity contribution in [1.82, 2.24) is 15.0 Å². The maximum atomic E-state index is 5.45. The molecule has 0 bridgehead atoms. The molecule has 0 aliphatic heterocycles. The lowest BCUT2D eigenvalue weighted by atomic mass is 10.00. The van der Waals surface area contributed by atoms with Crippen LogP contribution in [-0.4, -0.2) is 15.0 Å². The standard InChI is InChI=1S/C39H21N3S2/c1-2-12-24-22(10-1)25-20-21-33-34(28-14-5-8-19-32(28)43-33)36(25)41-37(24)39-40-30-17-6-3-13-27(30)35(42-39)29-16-9-15-26-23-11-4-7-18-31(23)44-38(26)29/h1-21H. The van der Waals surface area contributed by atoms with E-state index in [4.69, 9.17) is 15.0 Å². The van der Waals surface area contributed by atoms with E-state index < -0.39 is 0 Å². The first-order valence-corrected chi connectivity index (χ1v) is 16.3. The Bertz CT molecular complexity index is 2790. The molecule has 0 aliphatic carbocycles. The molecule has 4 aromatic heterocycles. The Morgan fingerprint density at radius 2 is 1.07 bits per heavy atom. The molecule has 0 amide bonds. The van der Waals surface area contributed by atoms with Crippen molar-refractivity contribution in [3.05, 3.63) is 127 Å². The van der Waals surface area contributed by atoms with Crippen LogP contribution in [0, 0.1) is 0 Å². The monoisotopic (exact) mass is 595 g/mol. The van der Waals surface area contributed by atoms with E-state index >= 15 is 0 Å². The quantitative estimate of drug-likeness (QED) is 0.187. The van der Waals surface area contributed by atoms with E-state index in [1.807, 2.05) is 22.7 Å². The topological polar surface area (TPSA) is 38.7 Å². The van der Waals surface area contributed by atoms with Gasteiger partial charge in [-0.05, 0) is 29.7 Å². The van der Waals surface area contributed by atoms with Crippen LogP contribution in [0.5, 0.6) is 0 Å². The van der Waals surface area contributed by atoms with Gasteiger partial charge in [-0.15, -0.1) is 22.7 Å². The Hall–Kier alpha value is -5.23. The number of hydrogen-bond acceptors (Lipinski definition) is 5. The highest BCUT2D eigenvalue weighted by Gasteiger charge is 2.20. The van der Waals surface area contributed by atoms with Gasteiger partial charge in [0.25, 0.3) is 0 Å². The van der Waals surface area contributed by atoms with Gasteiger partial charge in [0.15, 0.2) is 5.82 Å². The van der Waals surface area contributed by atoms with Gasteiger partial charge in [-0.25, -0.2) is 15.0 Å². The molecule has 0 spiro atoms. The minimum Gasteiger partial charge on any atom is -0.243 e. The summed E-state index contributed by atoms with van der Waals surface area (Å²) in [5.74, 6) is 0.645. The van der Waals surface area contributed by atoms with E-state index in [2.05, 4.69) is 127 Å². The van der Waals surface area contributed by atoms with E-state index in [0.717, 1.165) is 49.5 Å². The Labute approximate surface area is 259 Å². The maximum Gasteiger partial charge on any atom is 0.179 e. The molecule has 6 aromatic carbocycles. The van der Waals surface area contributed by atoms with E-state index in [1.54, 1.807) is 0 Å². The molecule has 0 unspecified atom stereocenters. The predicted molar refractivity (Wildman–Crippen MR) is 189 cm³/mol. The molecule has 0 N–H and O–H groups in total. The largest absolute Gasteiger partial charge is 0.243 e. The first-order chi connectivity index (χ1) is 21.8. The minimum atomic E-state index is 0.645. The van der Waals surface area contributed by atoms with E-state index in [0.29, 0.717) is 5.82 Å². The van der Waals surface area contributed by atoms with Gasteiger partial charge in [-0.1, -0.05) is 103 Å². The van der Waals surface area contributed by atoms with Crippen molar-refractivity contribution in [2.24, 2.45) is 0 Å². The summed E-state index contributed by atoms with van der Waals surface area (Å²) in [7, 11) is 0. The molecule has 0 saturated heterocycles. The summed E-state index contributed by atoms with van der Waals surface area (Å²) in [6.07, 6.45) is 0. The first kappa shape index (κ1) is 24.2. The van der Waals surface area contributed by atoms with Crippen molar-refractivity contribution in [1.29, 1.82) is 0 Å². The number of thiophene rings is 2. The molecule has 0 aliphatic rings. The molecule has 204 valence electrons. The van der Waals surface area contributed by atoms with Gasteiger partial charge in [0.1, 0.15) is 5.69 Å². The first-order valence-electron chi connectivity index (χ1n) is 14.6. The highest BCUT2D eigenvalue weighted by atomic mass is 32.1. The molecule has 44 heavy (non-hydrogen) atoms. The highest BCUT2D eigenvalue weighted by Crippen LogP contribution is 2.43. The average molecular weight is 596 g/mol. The molecule has 5 heteroatoms. The molecule has 10 aromatic rings. The van der Waals surface area contributed by atoms with Gasteiger partial charge >= 0.3 is 0 Å². The molecule has 0 radical (unpaired) electrons. The number of benzene rings is 6. The fourth-order valence-electron chi connectivity index (χ4n) is 6.72. The summed E-state index contributed by atoms with van der Waals surface area (Å²) in [5.41, 5.74) is 4.79. The van der Waals surface area contributed by atoms with E-state index in [1.165, 1.54) is 40.3 Å². The van der Waals surface area contributed by atoms with Crippen molar-refractivity contribution in [2.45, 2.75) is 0 Å². The Morgan fingerprint density at radius 3 is 1.93 bits per heavy atom. The Kier molecular flexibility index (Phi) is 5.03. The van der Waals surface area contributed by atoms with Crippen LogP contribution in [0.1, 0.15) is 0 Å². The fraction of sp³-hybridized carbons (Fsp3) is 0. The maximum absolute atomic E-state index is 5.45. The molecule has 4 heterocycles. The molecule has 0 atom stereocenters. The zero-order valence-corrected chi connectivity index (χ0v) is 24.9. The molecule has 0 fully saturated rings. The molecule has 3 nitrogen and oxygen atoms in total. The van der Waals surface area contributed by atoms with Crippen LogP contribution in [-0.2, 0) is 0 Å². The number of fused-ring (bicyclic) bond motifs is 11. The second-order valence-corrected chi connectivity index (χ2v) is 13.3. The summed E-state index contributed by atoms with van der Waals surface area (Å²) < 4.78 is 5.03. The van der Waals surface area contributed by atoms with Crippen LogP contribution in [0.25, 0.3) is 95.7 Å². The predicted octanol–water partition coefficient (Wildman–Crippen LogP) is 11.4. The lowest BCUT2D eigenvalue weighted by Gasteiger charge is -2.13. The third-order valence-corrected chi connectivity index (χ3v) is 11.0. The van der Waals surface area contributed by atoms with Gasteiger partial charge < -0.3 is 0 Å². The van der Waals surface area contributed by atoms with Crippen LogP contribution in [0.15, 0.2) is 127 Å². The number of hydrogen-bond donors (Lipinski definition) is 0. The van der Waals surface area contributed by atoms with Gasteiger partial charge in [0.05, 0.1) is 16.7 Å². The number of nitrogens with zero attached hydrogens (tertiary/aromatic N) is 3. The fourth-order valence-corrected chi connectivity index (χ4v) is 9.05. The van der Waals surface area contributed by atoms with Crippen LogP contribution in [0.4, 0.5) is 0 Å². The van der Waals surface area contributed by atoms with Crippen molar-refractivity contribution in [2.75, 3.05) is 0 Å². The average Bonchev–Trinajstić information content (AvgIpc) is 3.66. The molecular weight excluding hydrogens is 575 g/mol. The summed E-state index contributed by atoms with van der Waals surface area (Å²) in [6, 6.07) is 45.2. The van der Waals surface area contributed by atoms with Crippen LogP contribution >= 0.6 is 22.7 Å². The molecule has 10 rings (SSSR count). The van der Waals surface area contributed by atoms with Gasteiger partial charge in [0, 0.05) is 62.1 Å². The van der Waals surface area contributed by atoms with E-state index in [-0.39, 0.29) is 0 Å². The van der Waals surface area contributed by atoms with Crippen molar-refractivity contribution < 1.29 is 0 Å². The Balaban J connectivity index is 1.33. The lowest BCUT2D eigenvalue weighted by Crippen LogP contribution is -1.98. The van der Waals surface area contributed by atoms with Crippen LogP contribution in [0.3, 0.4) is 0 Å². The van der Waals surface area contributed by atoms with Crippen molar-refractivity contribution >= 4 is 95.6 Å². The number of pyridine rings is 1. The smallest absolute Gasteiger partial charge is 0.179 e. The SMILES string of the molecule is c1ccc2c(-c3cccc4c3sc3ccccc34)nc(-c3nc4c(ccc5sc6ccccc6c54)c4ccccc34)nc2c1. The molecule has 0 saturated carbocycles. The van der Waals surface area contributed by atoms with Gasteiger partial charge in [0.2, 0.25) is 0 Å². The summed E-state index contributed by atoms with van der Waals surface area (Å²) >= 11 is 3.64. The zero-order valence-electron chi connectivity index (χ0n) is 23.3. The van der Waals surface area contributed by atoms with Crippen LogP contribution < -0.4 is 0 Å². The summed E-state index contributed by atoms with van der Waals surface area (Å²) in [5, 5.41) is 9.38. The summed E-state index contributed by atoms with van der Waals surface area (Å²) in [6.45, 7) is 0. The van der Waals surface area contributed by atoms with Gasteiger partial charge in [-0.2, -0.15) is 0 Å². The number of rotatable bonds is 2. The zero-order chi connectivity index (χ0) is 28.8. The van der Waals surface area contributed by atoms with Crippen molar-refractivity contribution in [3.63, 3.8) is 0 Å². The van der Waals surface area contributed by atoms with Crippen molar-refractivity contribution in [3.8, 4) is 22.8 Å². The number of para-hydroxylation sites is 1. The van der Waals surface area contributed by atoms with Crippen LogP contribution in [0.2, 0.25) is 0 Å². The third kappa shape index (κ3) is 3.39.